The molecule has 7 nitrogen and oxygen atoms in total. The highest BCUT2D eigenvalue weighted by Gasteiger charge is 2.30. The van der Waals surface area contributed by atoms with Crippen molar-refractivity contribution in [3.63, 3.8) is 0 Å². The molecule has 0 radical (unpaired) electrons. The smallest absolute Gasteiger partial charge is 0.259 e. The lowest BCUT2D eigenvalue weighted by Gasteiger charge is -2.37. The van der Waals surface area contributed by atoms with Gasteiger partial charge in [-0.2, -0.15) is 0 Å². The van der Waals surface area contributed by atoms with Crippen LogP contribution < -0.4 is 5.56 Å². The number of nitrogens with one attached hydrogen (secondary N) is 1. The van der Waals surface area contributed by atoms with E-state index < -0.39 is 0 Å². The average Bonchev–Trinajstić information content (AvgIpc) is 3.12. The molecule has 7 heteroatoms. The maximum absolute atomic E-state index is 12.9. The maximum atomic E-state index is 12.9. The van der Waals surface area contributed by atoms with Crippen LogP contribution in [0.4, 0.5) is 0 Å². The summed E-state index contributed by atoms with van der Waals surface area (Å²) < 4.78 is 6.88. The summed E-state index contributed by atoms with van der Waals surface area (Å²) in [5.74, 6) is 1.14. The van der Waals surface area contributed by atoms with Crippen LogP contribution in [0.25, 0.3) is 5.78 Å². The van der Waals surface area contributed by atoms with Crippen molar-refractivity contribution in [3.8, 4) is 0 Å². The fourth-order valence-electron chi connectivity index (χ4n) is 3.99. The van der Waals surface area contributed by atoms with Crippen molar-refractivity contribution in [1.29, 1.82) is 0 Å². The van der Waals surface area contributed by atoms with E-state index in [9.17, 15) is 9.59 Å². The molecule has 0 unspecified atom stereocenters. The van der Waals surface area contributed by atoms with Gasteiger partial charge in [-0.1, -0.05) is 0 Å². The Morgan fingerprint density at radius 1 is 1.28 bits per heavy atom. The van der Waals surface area contributed by atoms with Crippen molar-refractivity contribution in [3.05, 3.63) is 34.5 Å². The van der Waals surface area contributed by atoms with Crippen LogP contribution in [0, 0.1) is 5.92 Å². The lowest BCUT2D eigenvalue weighted by molar-refractivity contribution is -0.136. The molecule has 1 amide bonds. The molecule has 0 aliphatic carbocycles. The Hall–Kier alpha value is -2.15. The van der Waals surface area contributed by atoms with Crippen LogP contribution in [0.3, 0.4) is 0 Å². The topological polar surface area (TPSA) is 79.7 Å². The lowest BCUT2D eigenvalue weighted by Crippen LogP contribution is -2.40. The molecule has 2 fully saturated rings. The molecule has 2 aromatic rings. The second-order valence-electron chi connectivity index (χ2n) is 7.04. The van der Waals surface area contributed by atoms with Crippen LogP contribution >= 0.6 is 0 Å². The summed E-state index contributed by atoms with van der Waals surface area (Å²) in [6.07, 6.45) is 8.71. The summed E-state index contributed by atoms with van der Waals surface area (Å²) in [5.41, 5.74) is 0.687. The Balaban J connectivity index is 1.57. The monoisotopic (exact) mass is 344 g/mol. The number of likely N-dealkylation sites (tertiary alicyclic amines) is 1. The van der Waals surface area contributed by atoms with Gasteiger partial charge in [-0.05, 0) is 38.0 Å². The molecule has 4 rings (SSSR count). The van der Waals surface area contributed by atoms with E-state index in [1.807, 2.05) is 4.90 Å². The molecule has 0 bridgehead atoms. The van der Waals surface area contributed by atoms with Crippen LogP contribution in [0.15, 0.2) is 23.3 Å². The van der Waals surface area contributed by atoms with Crippen molar-refractivity contribution >= 4 is 11.7 Å². The zero-order valence-corrected chi connectivity index (χ0v) is 14.3. The second-order valence-corrected chi connectivity index (χ2v) is 7.04. The fraction of sp³-hybridized carbons (Fsp3) is 0.611. The number of aromatic amines is 1. The van der Waals surface area contributed by atoms with Gasteiger partial charge >= 0.3 is 0 Å². The van der Waals surface area contributed by atoms with Gasteiger partial charge in [0.1, 0.15) is 0 Å². The Morgan fingerprint density at radius 2 is 2.12 bits per heavy atom. The van der Waals surface area contributed by atoms with Crippen molar-refractivity contribution in [2.75, 3.05) is 19.8 Å². The normalized spacial score (nSPS) is 22.4. The van der Waals surface area contributed by atoms with Gasteiger partial charge in [-0.15, -0.1) is 0 Å². The van der Waals surface area contributed by atoms with Gasteiger partial charge in [-0.25, -0.2) is 4.98 Å². The Labute approximate surface area is 146 Å². The zero-order chi connectivity index (χ0) is 17.2. The summed E-state index contributed by atoms with van der Waals surface area (Å²) in [4.78, 5) is 34.6. The van der Waals surface area contributed by atoms with E-state index in [0.29, 0.717) is 18.1 Å². The third kappa shape index (κ3) is 3.33. The van der Waals surface area contributed by atoms with Crippen LogP contribution in [0.5, 0.6) is 0 Å². The number of fused-ring (bicyclic) bond motifs is 1. The quantitative estimate of drug-likeness (QED) is 0.922. The fourth-order valence-corrected chi connectivity index (χ4v) is 3.99. The SMILES string of the molecule is O=C(CC1CCOCC1)N1CCCC[C@H]1c1cc(=O)n2ccnc2[nH]1. The number of H-pyrrole nitrogens is 1. The number of nitrogens with zero attached hydrogens (tertiary/aromatic N) is 3. The predicted molar refractivity (Wildman–Crippen MR) is 92.3 cm³/mol. The first-order valence-electron chi connectivity index (χ1n) is 9.16. The molecular weight excluding hydrogens is 320 g/mol. The number of carbonyl (C=O) groups is 1. The standard InChI is InChI=1S/C18H24N4O3/c23-16(11-13-4-9-25-10-5-13)21-7-2-1-3-15(21)14-12-17(24)22-8-6-19-18(22)20-14/h6,8,12-13,15H,1-5,7,9-11H2,(H,19,20)/t15-/m0/s1. The minimum atomic E-state index is -0.108. The number of piperidine rings is 1. The van der Waals surface area contributed by atoms with E-state index in [4.69, 9.17) is 4.74 Å². The molecule has 0 spiro atoms. The highest BCUT2D eigenvalue weighted by atomic mass is 16.5. The minimum Gasteiger partial charge on any atom is -0.381 e. The Kier molecular flexibility index (Phi) is 4.57. The van der Waals surface area contributed by atoms with Crippen LogP contribution in [-0.2, 0) is 9.53 Å². The number of hydrogen-bond acceptors (Lipinski definition) is 4. The molecule has 4 heterocycles. The summed E-state index contributed by atoms with van der Waals surface area (Å²) in [5, 5.41) is 0. The minimum absolute atomic E-state index is 0.0597. The molecule has 134 valence electrons. The molecule has 2 saturated heterocycles. The number of carbonyl (C=O) groups excluding carboxylic acids is 1. The number of amides is 1. The van der Waals surface area contributed by atoms with Crippen molar-refractivity contribution in [2.45, 2.75) is 44.6 Å². The number of imidazole rings is 1. The highest BCUT2D eigenvalue weighted by molar-refractivity contribution is 5.77. The van der Waals surface area contributed by atoms with E-state index in [1.54, 1.807) is 18.5 Å². The van der Waals surface area contributed by atoms with Crippen LogP contribution in [-0.4, -0.2) is 44.9 Å². The van der Waals surface area contributed by atoms with Crippen molar-refractivity contribution in [1.82, 2.24) is 19.3 Å². The number of hydrogen-bond donors (Lipinski definition) is 1. The van der Waals surface area contributed by atoms with Gasteiger partial charge in [0, 0.05) is 50.3 Å². The van der Waals surface area contributed by atoms with E-state index in [2.05, 4.69) is 9.97 Å². The molecule has 25 heavy (non-hydrogen) atoms. The van der Waals surface area contributed by atoms with E-state index in [1.165, 1.54) is 4.40 Å². The number of ether oxygens (including phenoxy) is 1. The van der Waals surface area contributed by atoms with Gasteiger partial charge in [0.15, 0.2) is 0 Å². The number of rotatable bonds is 3. The summed E-state index contributed by atoms with van der Waals surface area (Å²) in [7, 11) is 0. The first-order valence-corrected chi connectivity index (χ1v) is 9.16. The molecular formula is C18H24N4O3. The average molecular weight is 344 g/mol. The third-order valence-corrected chi connectivity index (χ3v) is 5.40. The summed E-state index contributed by atoms with van der Waals surface area (Å²) in [6.45, 7) is 2.27. The van der Waals surface area contributed by atoms with E-state index in [0.717, 1.165) is 57.6 Å². The van der Waals surface area contributed by atoms with Crippen LogP contribution in [0.2, 0.25) is 0 Å². The molecule has 0 aromatic carbocycles. The van der Waals surface area contributed by atoms with E-state index in [-0.39, 0.29) is 17.5 Å². The van der Waals surface area contributed by atoms with Gasteiger partial charge in [0.05, 0.1) is 6.04 Å². The van der Waals surface area contributed by atoms with Gasteiger partial charge < -0.3 is 14.6 Å². The molecule has 2 aliphatic rings. The Bertz CT molecular complexity index is 806. The van der Waals surface area contributed by atoms with Crippen molar-refractivity contribution in [2.24, 2.45) is 5.92 Å². The molecule has 2 aliphatic heterocycles. The van der Waals surface area contributed by atoms with Gasteiger partial charge in [0.2, 0.25) is 11.7 Å². The van der Waals surface area contributed by atoms with Gasteiger partial charge in [0.25, 0.3) is 5.56 Å². The third-order valence-electron chi connectivity index (χ3n) is 5.40. The van der Waals surface area contributed by atoms with Crippen molar-refractivity contribution < 1.29 is 9.53 Å². The van der Waals surface area contributed by atoms with Gasteiger partial charge in [-0.3, -0.25) is 14.0 Å². The second kappa shape index (κ2) is 7.00. The van der Waals surface area contributed by atoms with E-state index >= 15 is 0 Å². The Morgan fingerprint density at radius 3 is 2.96 bits per heavy atom. The number of aromatic nitrogens is 3. The first-order chi connectivity index (χ1) is 12.2. The molecule has 0 saturated carbocycles. The first kappa shape index (κ1) is 16.3. The lowest BCUT2D eigenvalue weighted by atomic mass is 9.93. The molecule has 1 N–H and O–H groups in total. The largest absolute Gasteiger partial charge is 0.381 e. The zero-order valence-electron chi connectivity index (χ0n) is 14.3. The molecule has 2 aromatic heterocycles. The molecule has 1 atom stereocenters. The van der Waals surface area contributed by atoms with Crippen LogP contribution in [0.1, 0.15) is 50.3 Å². The summed E-state index contributed by atoms with van der Waals surface area (Å²) >= 11 is 0. The summed E-state index contributed by atoms with van der Waals surface area (Å²) in [6, 6.07) is 1.55. The highest BCUT2D eigenvalue weighted by Crippen LogP contribution is 2.31. The maximum Gasteiger partial charge on any atom is 0.259 e. The predicted octanol–water partition coefficient (Wildman–Crippen LogP) is 1.89.